The number of nitrogens with zero attached hydrogens (tertiary/aromatic N) is 5. The molecule has 9 nitrogen and oxygen atoms in total. The SMILES string of the molecule is CC(C)c1ccccc1/N=C1\SCC(=O)N1N=Cc1ccc(-c2cc(NC(=O)c3ccc(OC(F)(F)F)cc3)ncn2)cc1. The first-order valence-corrected chi connectivity index (χ1v) is 14.3. The van der Waals surface area contributed by atoms with Gasteiger partial charge in [-0.2, -0.15) is 10.1 Å². The van der Waals surface area contributed by atoms with Gasteiger partial charge in [-0.1, -0.05) is 68.1 Å². The van der Waals surface area contributed by atoms with Crippen molar-refractivity contribution in [3.8, 4) is 17.0 Å². The number of para-hydroxylation sites is 1. The third-order valence-corrected chi connectivity index (χ3v) is 7.22. The van der Waals surface area contributed by atoms with Gasteiger partial charge in [0, 0.05) is 17.2 Å². The van der Waals surface area contributed by atoms with E-state index in [1.807, 2.05) is 48.5 Å². The zero-order valence-electron chi connectivity index (χ0n) is 23.4. The van der Waals surface area contributed by atoms with E-state index in [1.54, 1.807) is 12.3 Å². The van der Waals surface area contributed by atoms with E-state index in [2.05, 4.69) is 39.0 Å². The number of carbonyl (C=O) groups is 2. The smallest absolute Gasteiger partial charge is 0.406 e. The van der Waals surface area contributed by atoms with Gasteiger partial charge in [0.05, 0.1) is 23.3 Å². The van der Waals surface area contributed by atoms with Gasteiger partial charge in [-0.25, -0.2) is 15.0 Å². The van der Waals surface area contributed by atoms with E-state index >= 15 is 0 Å². The second-order valence-electron chi connectivity index (χ2n) is 9.78. The molecule has 0 aliphatic carbocycles. The number of amidine groups is 1. The van der Waals surface area contributed by atoms with Gasteiger partial charge >= 0.3 is 6.36 Å². The molecule has 0 saturated carbocycles. The summed E-state index contributed by atoms with van der Waals surface area (Å²) in [5.41, 5.74) is 4.00. The number of aliphatic imine (C=N–C) groups is 1. The number of alkyl halides is 3. The molecule has 1 aliphatic rings. The lowest BCUT2D eigenvalue weighted by molar-refractivity contribution is -0.274. The van der Waals surface area contributed by atoms with Gasteiger partial charge in [-0.05, 0) is 47.4 Å². The van der Waals surface area contributed by atoms with Gasteiger partial charge in [0.1, 0.15) is 17.9 Å². The molecule has 0 spiro atoms. The molecule has 5 rings (SSSR count). The van der Waals surface area contributed by atoms with E-state index < -0.39 is 18.0 Å². The summed E-state index contributed by atoms with van der Waals surface area (Å²) in [4.78, 5) is 38.2. The predicted molar refractivity (Wildman–Crippen MR) is 163 cm³/mol. The monoisotopic (exact) mass is 618 g/mol. The molecule has 2 amide bonds. The molecule has 0 unspecified atom stereocenters. The number of thioether (sulfide) groups is 1. The molecule has 0 bridgehead atoms. The van der Waals surface area contributed by atoms with Crippen LogP contribution in [0.2, 0.25) is 0 Å². The number of hydrogen-bond acceptors (Lipinski definition) is 8. The predicted octanol–water partition coefficient (Wildman–Crippen LogP) is 7.01. The normalized spacial score (nSPS) is 14.5. The highest BCUT2D eigenvalue weighted by atomic mass is 32.2. The fourth-order valence-corrected chi connectivity index (χ4v) is 4.98. The van der Waals surface area contributed by atoms with Crippen LogP contribution in [0.5, 0.6) is 5.75 Å². The van der Waals surface area contributed by atoms with E-state index in [0.717, 1.165) is 34.5 Å². The Labute approximate surface area is 254 Å². The van der Waals surface area contributed by atoms with Crippen LogP contribution >= 0.6 is 11.8 Å². The number of halogens is 3. The van der Waals surface area contributed by atoms with Crippen molar-refractivity contribution in [3.05, 3.63) is 102 Å². The Kier molecular flexibility index (Phi) is 9.04. The van der Waals surface area contributed by atoms with Crippen molar-refractivity contribution in [2.24, 2.45) is 10.1 Å². The Morgan fingerprint density at radius 1 is 1.05 bits per heavy atom. The summed E-state index contributed by atoms with van der Waals surface area (Å²) in [5.74, 6) is -0.424. The van der Waals surface area contributed by atoms with Crippen LogP contribution < -0.4 is 10.1 Å². The topological polar surface area (TPSA) is 109 Å². The Morgan fingerprint density at radius 3 is 2.48 bits per heavy atom. The lowest BCUT2D eigenvalue weighted by Gasteiger charge is -2.12. The zero-order valence-corrected chi connectivity index (χ0v) is 24.3. The van der Waals surface area contributed by atoms with Crippen LogP contribution in [0.15, 0.2) is 95.3 Å². The molecule has 0 atom stereocenters. The number of benzene rings is 3. The number of rotatable bonds is 8. The number of amides is 2. The summed E-state index contributed by atoms with van der Waals surface area (Å²) < 4.78 is 41.0. The van der Waals surface area contributed by atoms with Crippen LogP contribution in [-0.2, 0) is 4.79 Å². The van der Waals surface area contributed by atoms with E-state index in [4.69, 9.17) is 4.99 Å². The highest BCUT2D eigenvalue weighted by Crippen LogP contribution is 2.30. The largest absolute Gasteiger partial charge is 0.573 e. The van der Waals surface area contributed by atoms with Crippen LogP contribution in [0, 0.1) is 0 Å². The van der Waals surface area contributed by atoms with Crippen molar-refractivity contribution < 1.29 is 27.5 Å². The van der Waals surface area contributed by atoms with Crippen molar-refractivity contribution in [1.29, 1.82) is 0 Å². The molecule has 1 saturated heterocycles. The van der Waals surface area contributed by atoms with Gasteiger partial charge < -0.3 is 10.1 Å². The van der Waals surface area contributed by atoms with Crippen molar-refractivity contribution >= 4 is 46.5 Å². The average molecular weight is 619 g/mol. The molecule has 3 aromatic carbocycles. The summed E-state index contributed by atoms with van der Waals surface area (Å²) >= 11 is 1.34. The first-order chi connectivity index (χ1) is 21.1. The maximum Gasteiger partial charge on any atom is 0.573 e. The molecule has 0 radical (unpaired) electrons. The average Bonchev–Trinajstić information content (AvgIpc) is 3.34. The van der Waals surface area contributed by atoms with Gasteiger partial charge in [-0.15, -0.1) is 13.2 Å². The van der Waals surface area contributed by atoms with Gasteiger partial charge in [-0.3, -0.25) is 9.59 Å². The summed E-state index contributed by atoms with van der Waals surface area (Å²) in [7, 11) is 0. The van der Waals surface area contributed by atoms with Crippen LogP contribution in [-0.4, -0.2) is 50.3 Å². The minimum atomic E-state index is -4.82. The minimum absolute atomic E-state index is 0.121. The first-order valence-electron chi connectivity index (χ1n) is 13.3. The maximum atomic E-state index is 12.6. The number of aromatic nitrogens is 2. The molecule has 4 aromatic rings. The second kappa shape index (κ2) is 13.1. The summed E-state index contributed by atoms with van der Waals surface area (Å²) in [6.45, 7) is 4.18. The highest BCUT2D eigenvalue weighted by molar-refractivity contribution is 8.15. The molecular formula is C31H25F3N6O3S. The van der Waals surface area contributed by atoms with E-state index in [-0.39, 0.29) is 29.0 Å². The standard InChI is InChI=1S/C31H25F3N6O3S/c1-19(2)24-5-3-4-6-25(24)38-30-40(28(41)17-44-30)37-16-20-7-9-21(10-8-20)26-15-27(36-18-35-26)39-29(42)22-11-13-23(14-12-22)43-31(32,33)34/h3-16,18-19H,17H2,1-2H3,(H,35,36,39,42)/b37-16?,38-30-. The number of hydrazone groups is 1. The van der Waals surface area contributed by atoms with Crippen LogP contribution in [0.1, 0.15) is 41.3 Å². The van der Waals surface area contributed by atoms with Crippen LogP contribution in [0.25, 0.3) is 11.3 Å². The highest BCUT2D eigenvalue weighted by Gasteiger charge is 2.31. The molecule has 224 valence electrons. The van der Waals surface area contributed by atoms with E-state index in [0.29, 0.717) is 10.9 Å². The Morgan fingerprint density at radius 2 is 1.77 bits per heavy atom. The van der Waals surface area contributed by atoms with Gasteiger partial charge in [0.2, 0.25) is 0 Å². The lowest BCUT2D eigenvalue weighted by atomic mass is 10.0. The van der Waals surface area contributed by atoms with Gasteiger partial charge in [0.25, 0.3) is 11.8 Å². The Hall–Kier alpha value is -5.04. The van der Waals surface area contributed by atoms with E-state index in [9.17, 15) is 22.8 Å². The molecule has 44 heavy (non-hydrogen) atoms. The summed E-state index contributed by atoms with van der Waals surface area (Å²) in [5, 5.41) is 8.83. The van der Waals surface area contributed by atoms with Crippen molar-refractivity contribution in [2.75, 3.05) is 11.1 Å². The van der Waals surface area contributed by atoms with Crippen molar-refractivity contribution in [3.63, 3.8) is 0 Å². The number of anilines is 1. The quantitative estimate of drug-likeness (QED) is 0.213. The minimum Gasteiger partial charge on any atom is -0.406 e. The van der Waals surface area contributed by atoms with Gasteiger partial charge in [0.15, 0.2) is 5.17 Å². The molecule has 1 aromatic heterocycles. The van der Waals surface area contributed by atoms with Crippen molar-refractivity contribution in [1.82, 2.24) is 15.0 Å². The molecule has 13 heteroatoms. The molecule has 1 N–H and O–H groups in total. The maximum absolute atomic E-state index is 12.6. The number of carbonyl (C=O) groups excluding carboxylic acids is 2. The fourth-order valence-electron chi connectivity index (χ4n) is 4.17. The number of ether oxygens (including phenoxy) is 1. The van der Waals surface area contributed by atoms with E-state index in [1.165, 1.54) is 35.2 Å². The second-order valence-corrected chi connectivity index (χ2v) is 10.7. The molecule has 1 fully saturated rings. The molecular weight excluding hydrogens is 593 g/mol. The fraction of sp³-hybridized carbons (Fsp3) is 0.161. The van der Waals surface area contributed by atoms with Crippen LogP contribution in [0.4, 0.5) is 24.7 Å². The molecule has 1 aliphatic heterocycles. The number of nitrogens with one attached hydrogen (secondary N) is 1. The Balaban J connectivity index is 1.26. The van der Waals surface area contributed by atoms with Crippen LogP contribution in [0.3, 0.4) is 0 Å². The third kappa shape index (κ3) is 7.67. The summed E-state index contributed by atoms with van der Waals surface area (Å²) in [6.07, 6.45) is -1.96. The number of hydrogen-bond donors (Lipinski definition) is 1. The molecule has 2 heterocycles. The van der Waals surface area contributed by atoms with Crippen molar-refractivity contribution in [2.45, 2.75) is 26.1 Å². The lowest BCUT2D eigenvalue weighted by Crippen LogP contribution is -2.23. The third-order valence-electron chi connectivity index (χ3n) is 6.30. The Bertz CT molecular complexity index is 1730. The zero-order chi connectivity index (χ0) is 31.3. The first kappa shape index (κ1) is 30.4. The summed E-state index contributed by atoms with van der Waals surface area (Å²) in [6, 6.07) is 21.2.